The summed E-state index contributed by atoms with van der Waals surface area (Å²) in [6.45, 7) is 2.03. The third-order valence-electron chi connectivity index (χ3n) is 1.53. The summed E-state index contributed by atoms with van der Waals surface area (Å²) in [4.78, 5) is 1.43. The van der Waals surface area contributed by atoms with Gasteiger partial charge in [-0.05, 0) is 31.6 Å². The Hall–Kier alpha value is -0.430. The lowest BCUT2D eigenvalue weighted by Crippen LogP contribution is -1.86. The van der Waals surface area contributed by atoms with Crippen molar-refractivity contribution in [1.82, 2.24) is 0 Å². The van der Waals surface area contributed by atoms with E-state index >= 15 is 0 Å². The SMILES string of the molecule is C/C=C\C=C/C1=CCCCS1. The topological polar surface area (TPSA) is 0 Å². The van der Waals surface area contributed by atoms with Crippen LogP contribution in [0.25, 0.3) is 0 Å². The summed E-state index contributed by atoms with van der Waals surface area (Å²) in [6, 6.07) is 0. The summed E-state index contributed by atoms with van der Waals surface area (Å²) < 4.78 is 0. The van der Waals surface area contributed by atoms with Crippen molar-refractivity contribution in [2.45, 2.75) is 19.8 Å². The van der Waals surface area contributed by atoms with E-state index in [1.54, 1.807) is 0 Å². The van der Waals surface area contributed by atoms with E-state index in [0.29, 0.717) is 0 Å². The van der Waals surface area contributed by atoms with Gasteiger partial charge in [0.25, 0.3) is 0 Å². The Morgan fingerprint density at radius 3 is 3.00 bits per heavy atom. The van der Waals surface area contributed by atoms with Crippen molar-refractivity contribution in [2.75, 3.05) is 5.75 Å². The molecule has 0 aliphatic carbocycles. The van der Waals surface area contributed by atoms with E-state index in [1.807, 2.05) is 24.8 Å². The largest absolute Gasteiger partial charge is 0.126 e. The van der Waals surface area contributed by atoms with E-state index in [4.69, 9.17) is 0 Å². The molecule has 1 aliphatic rings. The lowest BCUT2D eigenvalue weighted by Gasteiger charge is -2.06. The van der Waals surface area contributed by atoms with Gasteiger partial charge in [-0.1, -0.05) is 24.3 Å². The molecule has 0 atom stereocenters. The van der Waals surface area contributed by atoms with Crippen LogP contribution in [0, 0.1) is 0 Å². The summed E-state index contributed by atoms with van der Waals surface area (Å²) in [7, 11) is 0. The predicted molar refractivity (Wildman–Crippen MR) is 53.7 cm³/mol. The molecule has 60 valence electrons. The highest BCUT2D eigenvalue weighted by molar-refractivity contribution is 8.03. The van der Waals surface area contributed by atoms with E-state index in [9.17, 15) is 0 Å². The summed E-state index contributed by atoms with van der Waals surface area (Å²) in [6.07, 6.45) is 13.3. The minimum atomic E-state index is 1.25. The standard InChI is InChI=1S/C10H14S/c1-2-3-4-7-10-8-5-6-9-11-10/h2-4,7-8H,5-6,9H2,1H3/b3-2-,7-4-. The zero-order valence-corrected chi connectivity index (χ0v) is 7.73. The number of hydrogen-bond donors (Lipinski definition) is 0. The smallest absolute Gasteiger partial charge is 0.00320 e. The van der Waals surface area contributed by atoms with Crippen LogP contribution < -0.4 is 0 Å². The molecule has 0 spiro atoms. The average molecular weight is 166 g/mol. The molecule has 0 radical (unpaired) electrons. The van der Waals surface area contributed by atoms with Crippen molar-refractivity contribution in [3.63, 3.8) is 0 Å². The molecule has 0 bridgehead atoms. The van der Waals surface area contributed by atoms with Crippen molar-refractivity contribution >= 4 is 11.8 Å². The molecule has 0 amide bonds. The van der Waals surface area contributed by atoms with Crippen LogP contribution in [0.5, 0.6) is 0 Å². The van der Waals surface area contributed by atoms with Crippen molar-refractivity contribution in [1.29, 1.82) is 0 Å². The molecule has 0 aromatic carbocycles. The van der Waals surface area contributed by atoms with Crippen molar-refractivity contribution < 1.29 is 0 Å². The second-order valence-electron chi connectivity index (χ2n) is 2.48. The molecule has 0 saturated heterocycles. The Balaban J connectivity index is 2.40. The molecule has 11 heavy (non-hydrogen) atoms. The predicted octanol–water partition coefficient (Wildman–Crippen LogP) is 3.53. The van der Waals surface area contributed by atoms with E-state index < -0.39 is 0 Å². The second-order valence-corrected chi connectivity index (χ2v) is 3.65. The molecule has 0 unspecified atom stereocenters. The van der Waals surface area contributed by atoms with E-state index in [1.165, 1.54) is 23.5 Å². The molecule has 1 aliphatic heterocycles. The summed E-state index contributed by atoms with van der Waals surface area (Å²) in [5, 5.41) is 0. The number of thioether (sulfide) groups is 1. The van der Waals surface area contributed by atoms with Crippen LogP contribution in [0.2, 0.25) is 0 Å². The van der Waals surface area contributed by atoms with Gasteiger partial charge in [0.05, 0.1) is 0 Å². The Bertz CT molecular complexity index is 187. The van der Waals surface area contributed by atoms with Crippen LogP contribution in [-0.2, 0) is 0 Å². The first-order valence-electron chi connectivity index (χ1n) is 4.06. The van der Waals surface area contributed by atoms with Crippen LogP contribution in [0.1, 0.15) is 19.8 Å². The normalized spacial score (nSPS) is 19.5. The average Bonchev–Trinajstić information content (AvgIpc) is 2.07. The van der Waals surface area contributed by atoms with Crippen LogP contribution in [0.4, 0.5) is 0 Å². The maximum Gasteiger partial charge on any atom is 0.00320 e. The van der Waals surface area contributed by atoms with Crippen LogP contribution in [0.15, 0.2) is 35.3 Å². The maximum atomic E-state index is 2.31. The fourth-order valence-electron chi connectivity index (χ4n) is 0.954. The first-order chi connectivity index (χ1) is 5.43. The van der Waals surface area contributed by atoms with Gasteiger partial charge < -0.3 is 0 Å². The zero-order chi connectivity index (χ0) is 7.94. The maximum absolute atomic E-state index is 2.31. The molecule has 0 aromatic heterocycles. The third kappa shape index (κ3) is 3.47. The quantitative estimate of drug-likeness (QED) is 0.565. The van der Waals surface area contributed by atoms with Crippen molar-refractivity contribution in [3.05, 3.63) is 35.3 Å². The Labute approximate surface area is 73.1 Å². The second kappa shape index (κ2) is 5.25. The monoisotopic (exact) mass is 166 g/mol. The summed E-state index contributed by atoms with van der Waals surface area (Å²) in [5.74, 6) is 1.28. The van der Waals surface area contributed by atoms with Crippen LogP contribution in [-0.4, -0.2) is 5.75 Å². The Morgan fingerprint density at radius 2 is 2.36 bits per heavy atom. The molecule has 0 nitrogen and oxygen atoms in total. The minimum absolute atomic E-state index is 1.25. The van der Waals surface area contributed by atoms with Crippen LogP contribution >= 0.6 is 11.8 Å². The van der Waals surface area contributed by atoms with Gasteiger partial charge in [0.15, 0.2) is 0 Å². The van der Waals surface area contributed by atoms with Crippen LogP contribution in [0.3, 0.4) is 0 Å². The molecule has 0 N–H and O–H groups in total. The van der Waals surface area contributed by atoms with Gasteiger partial charge in [-0.25, -0.2) is 0 Å². The van der Waals surface area contributed by atoms with Gasteiger partial charge in [-0.15, -0.1) is 11.8 Å². The zero-order valence-electron chi connectivity index (χ0n) is 6.92. The lowest BCUT2D eigenvalue weighted by molar-refractivity contribution is 0.961. The lowest BCUT2D eigenvalue weighted by atomic mass is 10.3. The van der Waals surface area contributed by atoms with Gasteiger partial charge in [0.1, 0.15) is 0 Å². The Morgan fingerprint density at radius 1 is 1.45 bits per heavy atom. The van der Waals surface area contributed by atoms with Crippen molar-refractivity contribution in [2.24, 2.45) is 0 Å². The molecular weight excluding hydrogens is 152 g/mol. The first kappa shape index (κ1) is 8.66. The molecule has 1 rings (SSSR count). The highest BCUT2D eigenvalue weighted by atomic mass is 32.2. The number of allylic oxidation sites excluding steroid dienone is 5. The number of hydrogen-bond acceptors (Lipinski definition) is 1. The number of rotatable bonds is 2. The Kier molecular flexibility index (Phi) is 4.14. The minimum Gasteiger partial charge on any atom is -0.126 e. The molecule has 0 aromatic rings. The highest BCUT2D eigenvalue weighted by Crippen LogP contribution is 2.24. The van der Waals surface area contributed by atoms with Gasteiger partial charge in [0, 0.05) is 4.91 Å². The fraction of sp³-hybridized carbons (Fsp3) is 0.400. The van der Waals surface area contributed by atoms with E-state index in [2.05, 4.69) is 24.3 Å². The third-order valence-corrected chi connectivity index (χ3v) is 2.66. The first-order valence-corrected chi connectivity index (χ1v) is 5.04. The molecule has 1 heteroatoms. The van der Waals surface area contributed by atoms with Gasteiger partial charge in [0.2, 0.25) is 0 Å². The van der Waals surface area contributed by atoms with E-state index in [0.717, 1.165) is 0 Å². The highest BCUT2D eigenvalue weighted by Gasteiger charge is 1.98. The van der Waals surface area contributed by atoms with Gasteiger partial charge in [-0.3, -0.25) is 0 Å². The molecule has 0 fully saturated rings. The molecule has 0 saturated carbocycles. The molecule has 1 heterocycles. The van der Waals surface area contributed by atoms with Crippen molar-refractivity contribution in [3.8, 4) is 0 Å². The summed E-state index contributed by atoms with van der Waals surface area (Å²) in [5.41, 5.74) is 0. The van der Waals surface area contributed by atoms with E-state index in [-0.39, 0.29) is 0 Å². The van der Waals surface area contributed by atoms with Gasteiger partial charge in [-0.2, -0.15) is 0 Å². The fourth-order valence-corrected chi connectivity index (χ4v) is 1.91. The molecular formula is C10H14S. The summed E-state index contributed by atoms with van der Waals surface area (Å²) >= 11 is 1.95. The van der Waals surface area contributed by atoms with Gasteiger partial charge >= 0.3 is 0 Å².